The molecule has 0 fully saturated rings. The maximum Gasteiger partial charge on any atom is 0.00793 e. The van der Waals surface area contributed by atoms with Gasteiger partial charge in [0.25, 0.3) is 0 Å². The Kier molecular flexibility index (Phi) is 6.42. The van der Waals surface area contributed by atoms with Crippen LogP contribution in [0.3, 0.4) is 0 Å². The fourth-order valence-electron chi connectivity index (χ4n) is 2.46. The second-order valence-electron chi connectivity index (χ2n) is 5.58. The summed E-state index contributed by atoms with van der Waals surface area (Å²) >= 11 is 0. The number of nitrogens with two attached hydrogens (primary N) is 1. The van der Waals surface area contributed by atoms with Crippen LogP contribution < -0.4 is 5.73 Å². The molecule has 18 heavy (non-hydrogen) atoms. The lowest BCUT2D eigenvalue weighted by atomic mass is 9.86. The van der Waals surface area contributed by atoms with Crippen molar-refractivity contribution in [2.75, 3.05) is 0 Å². The molecule has 1 aromatic rings. The molecular formula is C17H29N. The molecule has 1 heteroatoms. The van der Waals surface area contributed by atoms with Crippen molar-refractivity contribution in [3.63, 3.8) is 0 Å². The van der Waals surface area contributed by atoms with Crippen molar-refractivity contribution in [2.24, 2.45) is 5.73 Å². The summed E-state index contributed by atoms with van der Waals surface area (Å²) in [5.41, 5.74) is 8.99. The summed E-state index contributed by atoms with van der Waals surface area (Å²) in [6.45, 7) is 8.90. The molecule has 0 aromatic heterocycles. The third-order valence-electron chi connectivity index (χ3n) is 4.05. The first-order valence-corrected chi connectivity index (χ1v) is 7.45. The average molecular weight is 247 g/mol. The van der Waals surface area contributed by atoms with Gasteiger partial charge in [0.05, 0.1) is 0 Å². The number of unbranched alkanes of at least 4 members (excludes halogenated alkanes) is 1. The van der Waals surface area contributed by atoms with Crippen LogP contribution in [0.15, 0.2) is 24.3 Å². The third-order valence-corrected chi connectivity index (χ3v) is 4.05. The molecule has 1 nitrogen and oxygen atoms in total. The van der Waals surface area contributed by atoms with Gasteiger partial charge in [0, 0.05) is 6.04 Å². The molecular weight excluding hydrogens is 218 g/mol. The van der Waals surface area contributed by atoms with Gasteiger partial charge in [0.1, 0.15) is 0 Å². The summed E-state index contributed by atoms with van der Waals surface area (Å²) in [5.74, 6) is 1.17. The van der Waals surface area contributed by atoms with Gasteiger partial charge in [-0.15, -0.1) is 0 Å². The van der Waals surface area contributed by atoms with Crippen molar-refractivity contribution in [1.82, 2.24) is 0 Å². The minimum atomic E-state index is 0.242. The molecule has 0 amide bonds. The van der Waals surface area contributed by atoms with Crippen LogP contribution in [0, 0.1) is 0 Å². The first-order valence-electron chi connectivity index (χ1n) is 7.45. The van der Waals surface area contributed by atoms with Crippen LogP contribution in [0.25, 0.3) is 0 Å². The summed E-state index contributed by atoms with van der Waals surface area (Å²) in [6.07, 6.45) is 4.91. The van der Waals surface area contributed by atoms with Crippen molar-refractivity contribution >= 4 is 0 Å². The molecule has 2 N–H and O–H groups in total. The Labute approximate surface area is 113 Å². The van der Waals surface area contributed by atoms with E-state index in [2.05, 4.69) is 52.0 Å². The maximum absolute atomic E-state index is 6.13. The standard InChI is InChI=1S/C17H29N/c1-5-7-8-17(14(4)18)16-11-9-15(10-12-16)13(3)6-2/h9-14,17H,5-8,18H2,1-4H3. The average Bonchev–Trinajstić information content (AvgIpc) is 2.38. The van der Waals surface area contributed by atoms with E-state index in [9.17, 15) is 0 Å². The first kappa shape index (κ1) is 15.2. The molecule has 102 valence electrons. The van der Waals surface area contributed by atoms with Crippen LogP contribution in [0.1, 0.15) is 76.3 Å². The molecule has 3 unspecified atom stereocenters. The second-order valence-corrected chi connectivity index (χ2v) is 5.58. The minimum absolute atomic E-state index is 0.242. The van der Waals surface area contributed by atoms with Crippen molar-refractivity contribution in [3.05, 3.63) is 35.4 Å². The second kappa shape index (κ2) is 7.58. The summed E-state index contributed by atoms with van der Waals surface area (Å²) in [6, 6.07) is 9.37. The van der Waals surface area contributed by atoms with Crippen LogP contribution in [0.4, 0.5) is 0 Å². The Morgan fingerprint density at radius 2 is 1.56 bits per heavy atom. The van der Waals surface area contributed by atoms with E-state index in [1.807, 2.05) is 0 Å². The summed E-state index contributed by atoms with van der Waals surface area (Å²) in [4.78, 5) is 0. The molecule has 0 saturated heterocycles. The monoisotopic (exact) mass is 247 g/mol. The van der Waals surface area contributed by atoms with Gasteiger partial charge in [0.2, 0.25) is 0 Å². The highest BCUT2D eigenvalue weighted by Gasteiger charge is 2.15. The zero-order chi connectivity index (χ0) is 13.5. The van der Waals surface area contributed by atoms with Gasteiger partial charge in [-0.1, -0.05) is 57.9 Å². The topological polar surface area (TPSA) is 26.0 Å². The lowest BCUT2D eigenvalue weighted by Crippen LogP contribution is -2.24. The third kappa shape index (κ3) is 4.13. The van der Waals surface area contributed by atoms with E-state index in [1.165, 1.54) is 36.8 Å². The van der Waals surface area contributed by atoms with Crippen LogP contribution in [0.5, 0.6) is 0 Å². The Bertz CT molecular complexity index is 326. The minimum Gasteiger partial charge on any atom is -0.327 e. The predicted molar refractivity (Wildman–Crippen MR) is 81.1 cm³/mol. The van der Waals surface area contributed by atoms with E-state index >= 15 is 0 Å². The zero-order valence-corrected chi connectivity index (χ0v) is 12.4. The van der Waals surface area contributed by atoms with E-state index in [0.717, 1.165) is 0 Å². The summed E-state index contributed by atoms with van der Waals surface area (Å²) in [5, 5.41) is 0. The molecule has 3 atom stereocenters. The van der Waals surface area contributed by atoms with Crippen LogP contribution in [0.2, 0.25) is 0 Å². The molecule has 1 rings (SSSR count). The van der Waals surface area contributed by atoms with Gasteiger partial charge in [-0.2, -0.15) is 0 Å². The molecule has 0 heterocycles. The van der Waals surface area contributed by atoms with Crippen molar-refractivity contribution < 1.29 is 0 Å². The lowest BCUT2D eigenvalue weighted by molar-refractivity contribution is 0.508. The Morgan fingerprint density at radius 1 is 1.00 bits per heavy atom. The van der Waals surface area contributed by atoms with Crippen LogP contribution in [-0.2, 0) is 0 Å². The Hall–Kier alpha value is -0.820. The zero-order valence-electron chi connectivity index (χ0n) is 12.4. The summed E-state index contributed by atoms with van der Waals surface area (Å²) < 4.78 is 0. The highest BCUT2D eigenvalue weighted by Crippen LogP contribution is 2.27. The van der Waals surface area contributed by atoms with Gasteiger partial charge in [-0.05, 0) is 42.7 Å². The number of hydrogen-bond acceptors (Lipinski definition) is 1. The van der Waals surface area contributed by atoms with E-state index in [1.54, 1.807) is 0 Å². The lowest BCUT2D eigenvalue weighted by Gasteiger charge is -2.22. The largest absolute Gasteiger partial charge is 0.327 e. The van der Waals surface area contributed by atoms with Crippen molar-refractivity contribution in [1.29, 1.82) is 0 Å². The molecule has 0 radical (unpaired) electrons. The highest BCUT2D eigenvalue weighted by atomic mass is 14.6. The van der Waals surface area contributed by atoms with Gasteiger partial charge in [-0.25, -0.2) is 0 Å². The molecule has 0 aliphatic rings. The van der Waals surface area contributed by atoms with E-state index in [-0.39, 0.29) is 6.04 Å². The Balaban J connectivity index is 2.80. The smallest absolute Gasteiger partial charge is 0.00793 e. The maximum atomic E-state index is 6.13. The number of benzene rings is 1. The van der Waals surface area contributed by atoms with Gasteiger partial charge < -0.3 is 5.73 Å². The fourth-order valence-corrected chi connectivity index (χ4v) is 2.46. The van der Waals surface area contributed by atoms with Gasteiger partial charge >= 0.3 is 0 Å². The summed E-state index contributed by atoms with van der Waals surface area (Å²) in [7, 11) is 0. The SMILES string of the molecule is CCCCC(c1ccc(C(C)CC)cc1)C(C)N. The van der Waals surface area contributed by atoms with Crippen molar-refractivity contribution in [2.45, 2.75) is 71.3 Å². The number of hydrogen-bond donors (Lipinski definition) is 1. The molecule has 0 aliphatic carbocycles. The molecule has 0 aliphatic heterocycles. The quantitative estimate of drug-likeness (QED) is 0.734. The van der Waals surface area contributed by atoms with E-state index in [4.69, 9.17) is 5.73 Å². The van der Waals surface area contributed by atoms with Crippen LogP contribution >= 0.6 is 0 Å². The molecule has 1 aromatic carbocycles. The predicted octanol–water partition coefficient (Wildman–Crippen LogP) is 4.82. The Morgan fingerprint density at radius 3 is 2.00 bits per heavy atom. The normalized spacial score (nSPS) is 16.3. The molecule has 0 spiro atoms. The first-order chi connectivity index (χ1) is 8.60. The van der Waals surface area contributed by atoms with Crippen molar-refractivity contribution in [3.8, 4) is 0 Å². The number of rotatable bonds is 7. The fraction of sp³-hybridized carbons (Fsp3) is 0.647. The van der Waals surface area contributed by atoms with E-state index < -0.39 is 0 Å². The molecule has 0 saturated carbocycles. The van der Waals surface area contributed by atoms with E-state index in [0.29, 0.717) is 11.8 Å². The van der Waals surface area contributed by atoms with Gasteiger partial charge in [0.15, 0.2) is 0 Å². The van der Waals surface area contributed by atoms with Gasteiger partial charge in [-0.3, -0.25) is 0 Å². The van der Waals surface area contributed by atoms with Crippen LogP contribution in [-0.4, -0.2) is 6.04 Å². The molecule has 0 bridgehead atoms. The highest BCUT2D eigenvalue weighted by molar-refractivity contribution is 5.28.